The van der Waals surface area contributed by atoms with Gasteiger partial charge in [0.25, 0.3) is 5.91 Å². The lowest BCUT2D eigenvalue weighted by Crippen LogP contribution is -2.32. The summed E-state index contributed by atoms with van der Waals surface area (Å²) in [5, 5.41) is 3.10. The first-order valence-corrected chi connectivity index (χ1v) is 9.11. The standard InChI is InChI=1S/C22H21FN4O/c1-15-7-12-21(26(15)2)22(28)25-19(16-8-10-17(23)11-9-16)13-27-14-24-18-5-3-4-6-20(18)27/h3-12,14,19H,13H2,1-2H3,(H,25,28). The summed E-state index contributed by atoms with van der Waals surface area (Å²) in [5.74, 6) is -0.477. The van der Waals surface area contributed by atoms with Gasteiger partial charge in [0.1, 0.15) is 11.5 Å². The number of halogens is 1. The summed E-state index contributed by atoms with van der Waals surface area (Å²) in [6, 6.07) is 17.4. The summed E-state index contributed by atoms with van der Waals surface area (Å²) in [6.45, 7) is 2.44. The molecule has 0 fully saturated rings. The van der Waals surface area contributed by atoms with Gasteiger partial charge in [0.15, 0.2) is 0 Å². The highest BCUT2D eigenvalue weighted by Gasteiger charge is 2.19. The molecule has 4 rings (SSSR count). The number of carbonyl (C=O) groups is 1. The molecule has 28 heavy (non-hydrogen) atoms. The first-order chi connectivity index (χ1) is 13.5. The number of hydrogen-bond donors (Lipinski definition) is 1. The van der Waals surface area contributed by atoms with Gasteiger partial charge in [-0.3, -0.25) is 4.79 Å². The fourth-order valence-electron chi connectivity index (χ4n) is 3.36. The minimum atomic E-state index is -0.332. The van der Waals surface area contributed by atoms with Crippen LogP contribution < -0.4 is 5.32 Å². The van der Waals surface area contributed by atoms with Crippen LogP contribution in [0.15, 0.2) is 67.0 Å². The molecule has 6 heteroatoms. The molecule has 1 atom stereocenters. The highest BCUT2D eigenvalue weighted by Crippen LogP contribution is 2.20. The quantitative estimate of drug-likeness (QED) is 0.573. The van der Waals surface area contributed by atoms with Gasteiger partial charge in [-0.2, -0.15) is 0 Å². The number of rotatable bonds is 5. The predicted molar refractivity (Wildman–Crippen MR) is 106 cm³/mol. The van der Waals surface area contributed by atoms with E-state index >= 15 is 0 Å². The zero-order valence-electron chi connectivity index (χ0n) is 15.8. The van der Waals surface area contributed by atoms with Gasteiger partial charge >= 0.3 is 0 Å². The van der Waals surface area contributed by atoms with Crippen molar-refractivity contribution in [1.29, 1.82) is 0 Å². The number of hydrogen-bond acceptors (Lipinski definition) is 2. The van der Waals surface area contributed by atoms with Crippen molar-refractivity contribution < 1.29 is 9.18 Å². The van der Waals surface area contributed by atoms with Gasteiger partial charge in [-0.25, -0.2) is 9.37 Å². The fourth-order valence-corrected chi connectivity index (χ4v) is 3.36. The molecule has 0 bridgehead atoms. The normalized spacial score (nSPS) is 12.2. The van der Waals surface area contributed by atoms with E-state index in [0.29, 0.717) is 12.2 Å². The van der Waals surface area contributed by atoms with Crippen molar-refractivity contribution in [1.82, 2.24) is 19.4 Å². The topological polar surface area (TPSA) is 51.9 Å². The van der Waals surface area contributed by atoms with Gasteiger partial charge < -0.3 is 14.5 Å². The Morgan fingerprint density at radius 3 is 2.57 bits per heavy atom. The average molecular weight is 376 g/mol. The van der Waals surface area contributed by atoms with E-state index in [1.165, 1.54) is 12.1 Å². The Labute approximate surface area is 162 Å². The molecule has 0 spiro atoms. The maximum absolute atomic E-state index is 13.4. The summed E-state index contributed by atoms with van der Waals surface area (Å²) >= 11 is 0. The molecule has 0 aliphatic rings. The molecule has 0 radical (unpaired) electrons. The van der Waals surface area contributed by atoms with E-state index in [-0.39, 0.29) is 17.8 Å². The van der Waals surface area contributed by atoms with Crippen molar-refractivity contribution in [3.63, 3.8) is 0 Å². The lowest BCUT2D eigenvalue weighted by atomic mass is 10.1. The first-order valence-electron chi connectivity index (χ1n) is 9.11. The van der Waals surface area contributed by atoms with Gasteiger partial charge in [0.05, 0.1) is 23.4 Å². The van der Waals surface area contributed by atoms with Crippen LogP contribution in [0.3, 0.4) is 0 Å². The molecule has 142 valence electrons. The van der Waals surface area contributed by atoms with Crippen LogP contribution in [-0.2, 0) is 13.6 Å². The van der Waals surface area contributed by atoms with Crippen LogP contribution >= 0.6 is 0 Å². The third-order valence-electron chi connectivity index (χ3n) is 5.09. The molecule has 0 saturated carbocycles. The summed E-state index contributed by atoms with van der Waals surface area (Å²) in [5.41, 5.74) is 4.30. The molecule has 4 aromatic rings. The zero-order valence-corrected chi connectivity index (χ0v) is 15.8. The summed E-state index contributed by atoms with van der Waals surface area (Å²) < 4.78 is 17.3. The average Bonchev–Trinajstić information content (AvgIpc) is 3.26. The van der Waals surface area contributed by atoms with E-state index in [1.807, 2.05) is 53.4 Å². The molecular weight excluding hydrogens is 355 g/mol. The van der Waals surface area contributed by atoms with Crippen molar-refractivity contribution in [2.45, 2.75) is 19.5 Å². The van der Waals surface area contributed by atoms with E-state index in [9.17, 15) is 9.18 Å². The second-order valence-corrected chi connectivity index (χ2v) is 6.88. The Bertz CT molecular complexity index is 1130. The fraction of sp³-hybridized carbons (Fsp3) is 0.182. The minimum absolute atomic E-state index is 0.172. The van der Waals surface area contributed by atoms with Crippen LogP contribution in [0.2, 0.25) is 0 Å². The number of carbonyl (C=O) groups excluding carboxylic acids is 1. The molecule has 1 amide bonds. The Balaban J connectivity index is 1.66. The first kappa shape index (κ1) is 18.0. The summed E-state index contributed by atoms with van der Waals surface area (Å²) in [7, 11) is 1.86. The molecule has 2 aromatic heterocycles. The van der Waals surface area contributed by atoms with E-state index < -0.39 is 0 Å². The van der Waals surface area contributed by atoms with E-state index in [0.717, 1.165) is 22.3 Å². The Kier molecular flexibility index (Phi) is 4.69. The van der Waals surface area contributed by atoms with Crippen molar-refractivity contribution >= 4 is 16.9 Å². The number of aromatic nitrogens is 3. The molecule has 1 unspecified atom stereocenters. The maximum atomic E-state index is 13.4. The van der Waals surface area contributed by atoms with Crippen LogP contribution in [0.1, 0.15) is 27.8 Å². The van der Waals surface area contributed by atoms with E-state index in [2.05, 4.69) is 10.3 Å². The Hall–Kier alpha value is -3.41. The zero-order chi connectivity index (χ0) is 19.7. The molecule has 2 aromatic carbocycles. The minimum Gasteiger partial charge on any atom is -0.344 e. The van der Waals surface area contributed by atoms with Crippen LogP contribution in [0.5, 0.6) is 0 Å². The van der Waals surface area contributed by atoms with Crippen molar-refractivity contribution in [3.8, 4) is 0 Å². The smallest absolute Gasteiger partial charge is 0.268 e. The molecule has 1 N–H and O–H groups in total. The number of nitrogens with zero attached hydrogens (tertiary/aromatic N) is 3. The molecule has 0 aliphatic heterocycles. The van der Waals surface area contributed by atoms with E-state index in [1.54, 1.807) is 24.5 Å². The lowest BCUT2D eigenvalue weighted by Gasteiger charge is -2.21. The van der Waals surface area contributed by atoms with Gasteiger partial charge in [-0.15, -0.1) is 0 Å². The number of fused-ring (bicyclic) bond motifs is 1. The highest BCUT2D eigenvalue weighted by molar-refractivity contribution is 5.93. The summed E-state index contributed by atoms with van der Waals surface area (Å²) in [6.07, 6.45) is 1.76. The predicted octanol–water partition coefficient (Wildman–Crippen LogP) is 3.99. The summed E-state index contributed by atoms with van der Waals surface area (Å²) in [4.78, 5) is 17.3. The lowest BCUT2D eigenvalue weighted by molar-refractivity contribution is 0.0924. The number of amides is 1. The second-order valence-electron chi connectivity index (χ2n) is 6.88. The van der Waals surface area contributed by atoms with Crippen LogP contribution in [-0.4, -0.2) is 20.0 Å². The van der Waals surface area contributed by atoms with Gasteiger partial charge in [0, 0.05) is 19.3 Å². The van der Waals surface area contributed by atoms with Gasteiger partial charge in [-0.05, 0) is 48.9 Å². The van der Waals surface area contributed by atoms with Crippen molar-refractivity contribution in [3.05, 3.63) is 89.8 Å². The highest BCUT2D eigenvalue weighted by atomic mass is 19.1. The molecule has 0 aliphatic carbocycles. The molecule has 5 nitrogen and oxygen atoms in total. The van der Waals surface area contributed by atoms with Crippen LogP contribution in [0.25, 0.3) is 11.0 Å². The number of aryl methyl sites for hydroxylation is 1. The van der Waals surface area contributed by atoms with Crippen molar-refractivity contribution in [2.75, 3.05) is 0 Å². The van der Waals surface area contributed by atoms with Gasteiger partial charge in [0.2, 0.25) is 0 Å². The van der Waals surface area contributed by atoms with Gasteiger partial charge in [-0.1, -0.05) is 24.3 Å². The Morgan fingerprint density at radius 1 is 1.11 bits per heavy atom. The Morgan fingerprint density at radius 2 is 1.86 bits per heavy atom. The van der Waals surface area contributed by atoms with Crippen molar-refractivity contribution in [2.24, 2.45) is 7.05 Å². The molecule has 0 saturated heterocycles. The SMILES string of the molecule is Cc1ccc(C(=O)NC(Cn2cnc3ccccc32)c2ccc(F)cc2)n1C. The largest absolute Gasteiger partial charge is 0.344 e. The third-order valence-corrected chi connectivity index (χ3v) is 5.09. The molecule has 2 heterocycles. The third kappa shape index (κ3) is 3.41. The number of imidazole rings is 1. The number of para-hydroxylation sites is 2. The number of benzene rings is 2. The maximum Gasteiger partial charge on any atom is 0.268 e. The van der Waals surface area contributed by atoms with Crippen LogP contribution in [0.4, 0.5) is 4.39 Å². The van der Waals surface area contributed by atoms with Crippen LogP contribution in [0, 0.1) is 12.7 Å². The monoisotopic (exact) mass is 376 g/mol. The number of nitrogens with one attached hydrogen (secondary N) is 1. The second kappa shape index (κ2) is 7.31. The van der Waals surface area contributed by atoms with E-state index in [4.69, 9.17) is 0 Å². The molecular formula is C22H21FN4O.